The van der Waals surface area contributed by atoms with Gasteiger partial charge >= 0.3 is 0 Å². The fourth-order valence-corrected chi connectivity index (χ4v) is 3.54. The summed E-state index contributed by atoms with van der Waals surface area (Å²) in [4.78, 5) is 12.6. The van der Waals surface area contributed by atoms with E-state index in [2.05, 4.69) is 21.2 Å². The number of carbonyl (C=O) groups is 1. The highest BCUT2D eigenvalue weighted by molar-refractivity contribution is 9.09. The van der Waals surface area contributed by atoms with Gasteiger partial charge in [0.1, 0.15) is 0 Å². The van der Waals surface area contributed by atoms with Gasteiger partial charge in [-0.15, -0.1) is 0 Å². The Morgan fingerprint density at radius 2 is 2.11 bits per heavy atom. The van der Waals surface area contributed by atoms with Gasteiger partial charge in [0.25, 0.3) is 5.91 Å². The Kier molecular flexibility index (Phi) is 5.55. The maximum Gasteiger partial charge on any atom is 0.251 e. The zero-order valence-electron chi connectivity index (χ0n) is 10.5. The molecular formula is C14H16BrCl2NO. The Hall–Kier alpha value is -0.250. The van der Waals surface area contributed by atoms with Crippen molar-refractivity contribution >= 4 is 45.0 Å². The number of halogens is 3. The quantitative estimate of drug-likeness (QED) is 0.775. The first-order chi connectivity index (χ1) is 9.06. The molecule has 5 heteroatoms. The molecular weight excluding hydrogens is 349 g/mol. The number of rotatable bonds is 3. The molecule has 0 saturated heterocycles. The van der Waals surface area contributed by atoms with Crippen molar-refractivity contribution < 1.29 is 4.79 Å². The molecule has 2 unspecified atom stereocenters. The number of hydrogen-bond acceptors (Lipinski definition) is 1. The maximum absolute atomic E-state index is 12.0. The Bertz CT molecular complexity index is 467. The Balaban J connectivity index is 1.88. The zero-order valence-corrected chi connectivity index (χ0v) is 13.6. The molecule has 1 aromatic carbocycles. The van der Waals surface area contributed by atoms with E-state index in [1.54, 1.807) is 18.2 Å². The van der Waals surface area contributed by atoms with Gasteiger partial charge in [-0.2, -0.15) is 0 Å². The molecule has 0 heterocycles. The molecule has 2 nitrogen and oxygen atoms in total. The van der Waals surface area contributed by atoms with Crippen LogP contribution in [-0.2, 0) is 0 Å². The van der Waals surface area contributed by atoms with E-state index in [1.807, 2.05) is 0 Å². The third-order valence-corrected chi connectivity index (χ3v) is 5.02. The van der Waals surface area contributed by atoms with Crippen LogP contribution in [0, 0.1) is 5.92 Å². The molecule has 2 rings (SSSR count). The highest BCUT2D eigenvalue weighted by atomic mass is 79.9. The van der Waals surface area contributed by atoms with E-state index in [0.29, 0.717) is 26.4 Å². The second-order valence-electron chi connectivity index (χ2n) is 4.97. The van der Waals surface area contributed by atoms with E-state index < -0.39 is 0 Å². The molecule has 1 fully saturated rings. The average molecular weight is 365 g/mol. The molecule has 1 N–H and O–H groups in total. The zero-order chi connectivity index (χ0) is 13.8. The van der Waals surface area contributed by atoms with E-state index in [0.717, 1.165) is 13.0 Å². The fraction of sp³-hybridized carbons (Fsp3) is 0.500. The van der Waals surface area contributed by atoms with Crippen LogP contribution < -0.4 is 5.32 Å². The largest absolute Gasteiger partial charge is 0.352 e. The highest BCUT2D eigenvalue weighted by Crippen LogP contribution is 2.28. The van der Waals surface area contributed by atoms with Gasteiger partial charge < -0.3 is 5.32 Å². The first kappa shape index (κ1) is 15.1. The molecule has 0 radical (unpaired) electrons. The first-order valence-electron chi connectivity index (χ1n) is 6.43. The summed E-state index contributed by atoms with van der Waals surface area (Å²) < 4.78 is 0. The Labute approximate surface area is 132 Å². The normalized spacial score (nSPS) is 23.1. The van der Waals surface area contributed by atoms with Crippen LogP contribution in [0.15, 0.2) is 18.2 Å². The van der Waals surface area contributed by atoms with Crippen LogP contribution in [0.1, 0.15) is 36.0 Å². The van der Waals surface area contributed by atoms with Crippen molar-refractivity contribution in [3.63, 3.8) is 0 Å². The van der Waals surface area contributed by atoms with Gasteiger partial charge in [-0.1, -0.05) is 45.6 Å². The smallest absolute Gasteiger partial charge is 0.251 e. The number of alkyl halides is 1. The number of benzene rings is 1. The van der Waals surface area contributed by atoms with Crippen molar-refractivity contribution in [2.75, 3.05) is 6.54 Å². The van der Waals surface area contributed by atoms with Gasteiger partial charge in [0.2, 0.25) is 0 Å². The molecule has 1 aliphatic rings. The molecule has 1 saturated carbocycles. The standard InChI is InChI=1S/C14H16BrCl2NO/c15-11-3-1-2-9(6-11)8-18-14(19)10-4-5-12(16)13(17)7-10/h4-5,7,9,11H,1-3,6,8H2,(H,18,19). The lowest BCUT2D eigenvalue weighted by molar-refractivity contribution is 0.0944. The second kappa shape index (κ2) is 6.96. The molecule has 2 atom stereocenters. The van der Waals surface area contributed by atoms with Crippen LogP contribution in [0.3, 0.4) is 0 Å². The van der Waals surface area contributed by atoms with E-state index >= 15 is 0 Å². The van der Waals surface area contributed by atoms with Crippen LogP contribution in [0.4, 0.5) is 0 Å². The van der Waals surface area contributed by atoms with Crippen molar-refractivity contribution in [3.05, 3.63) is 33.8 Å². The SMILES string of the molecule is O=C(NCC1CCCC(Br)C1)c1ccc(Cl)c(Cl)c1. The Morgan fingerprint density at radius 1 is 1.32 bits per heavy atom. The number of amides is 1. The lowest BCUT2D eigenvalue weighted by atomic mass is 9.89. The highest BCUT2D eigenvalue weighted by Gasteiger charge is 2.20. The van der Waals surface area contributed by atoms with Crippen molar-refractivity contribution in [1.29, 1.82) is 0 Å². The van der Waals surface area contributed by atoms with E-state index in [1.165, 1.54) is 19.3 Å². The first-order valence-corrected chi connectivity index (χ1v) is 8.10. The third kappa shape index (κ3) is 4.37. The average Bonchev–Trinajstić information content (AvgIpc) is 2.39. The summed E-state index contributed by atoms with van der Waals surface area (Å²) >= 11 is 15.4. The molecule has 0 spiro atoms. The van der Waals surface area contributed by atoms with E-state index in [-0.39, 0.29) is 5.91 Å². The molecule has 19 heavy (non-hydrogen) atoms. The predicted octanol–water partition coefficient (Wildman–Crippen LogP) is 4.68. The van der Waals surface area contributed by atoms with Crippen LogP contribution in [-0.4, -0.2) is 17.3 Å². The van der Waals surface area contributed by atoms with Crippen LogP contribution in [0.5, 0.6) is 0 Å². The number of nitrogens with one attached hydrogen (secondary N) is 1. The molecule has 0 aromatic heterocycles. The summed E-state index contributed by atoms with van der Waals surface area (Å²) in [6.07, 6.45) is 4.77. The van der Waals surface area contributed by atoms with E-state index in [9.17, 15) is 4.79 Å². The monoisotopic (exact) mass is 363 g/mol. The lowest BCUT2D eigenvalue weighted by Crippen LogP contribution is -2.31. The summed E-state index contributed by atoms with van der Waals surface area (Å²) in [6.45, 7) is 0.723. The molecule has 104 valence electrons. The van der Waals surface area contributed by atoms with Crippen molar-refractivity contribution in [1.82, 2.24) is 5.32 Å². The minimum Gasteiger partial charge on any atom is -0.352 e. The van der Waals surface area contributed by atoms with Crippen molar-refractivity contribution in [2.24, 2.45) is 5.92 Å². The van der Waals surface area contributed by atoms with Crippen molar-refractivity contribution in [3.8, 4) is 0 Å². The van der Waals surface area contributed by atoms with Gasteiger partial charge in [-0.05, 0) is 43.4 Å². The van der Waals surface area contributed by atoms with Gasteiger partial charge in [0.05, 0.1) is 10.0 Å². The number of hydrogen-bond donors (Lipinski definition) is 1. The molecule has 0 aliphatic heterocycles. The Morgan fingerprint density at radius 3 is 2.79 bits per heavy atom. The third-order valence-electron chi connectivity index (χ3n) is 3.45. The molecule has 0 bridgehead atoms. The van der Waals surface area contributed by atoms with Gasteiger partial charge in [0, 0.05) is 16.9 Å². The number of carbonyl (C=O) groups excluding carboxylic acids is 1. The molecule has 1 amide bonds. The summed E-state index contributed by atoms with van der Waals surface area (Å²) in [5.41, 5.74) is 0.556. The minimum atomic E-state index is -0.0877. The topological polar surface area (TPSA) is 29.1 Å². The van der Waals surface area contributed by atoms with E-state index in [4.69, 9.17) is 23.2 Å². The maximum atomic E-state index is 12.0. The summed E-state index contributed by atoms with van der Waals surface area (Å²) in [5, 5.41) is 3.85. The van der Waals surface area contributed by atoms with Gasteiger partial charge in [-0.25, -0.2) is 0 Å². The summed E-state index contributed by atoms with van der Waals surface area (Å²) in [5.74, 6) is 0.472. The molecule has 1 aromatic rings. The van der Waals surface area contributed by atoms with Crippen LogP contribution in [0.2, 0.25) is 10.0 Å². The molecule has 1 aliphatic carbocycles. The second-order valence-corrected chi connectivity index (χ2v) is 7.08. The summed E-state index contributed by atoms with van der Waals surface area (Å²) in [7, 11) is 0. The lowest BCUT2D eigenvalue weighted by Gasteiger charge is -2.25. The van der Waals surface area contributed by atoms with Gasteiger partial charge in [-0.3, -0.25) is 4.79 Å². The van der Waals surface area contributed by atoms with Crippen molar-refractivity contribution in [2.45, 2.75) is 30.5 Å². The predicted molar refractivity (Wildman–Crippen MR) is 83.5 cm³/mol. The summed E-state index contributed by atoms with van der Waals surface area (Å²) in [6, 6.07) is 4.94. The minimum absolute atomic E-state index is 0.0877. The van der Waals surface area contributed by atoms with Crippen LogP contribution >= 0.6 is 39.1 Å². The van der Waals surface area contributed by atoms with Gasteiger partial charge in [0.15, 0.2) is 0 Å². The van der Waals surface area contributed by atoms with Crippen LogP contribution in [0.25, 0.3) is 0 Å². The fourth-order valence-electron chi connectivity index (χ4n) is 2.39.